The Morgan fingerprint density at radius 2 is 1.67 bits per heavy atom. The Hall–Kier alpha value is -2.87. The zero-order valence-electron chi connectivity index (χ0n) is 15.0. The van der Waals surface area contributed by atoms with Gasteiger partial charge in [0.1, 0.15) is 5.82 Å². The summed E-state index contributed by atoms with van der Waals surface area (Å²) in [6, 6.07) is 11.4. The van der Waals surface area contributed by atoms with E-state index in [9.17, 15) is 18.8 Å². The van der Waals surface area contributed by atoms with E-state index in [2.05, 4.69) is 16.2 Å². The van der Waals surface area contributed by atoms with Gasteiger partial charge in [-0.3, -0.25) is 25.2 Å². The van der Waals surface area contributed by atoms with Gasteiger partial charge in [-0.2, -0.15) is 0 Å². The number of rotatable bonds is 6. The molecule has 0 bridgehead atoms. The summed E-state index contributed by atoms with van der Waals surface area (Å²) in [5, 5.41) is 2.48. The predicted octanol–water partition coefficient (Wildman–Crippen LogP) is 2.11. The number of hydrogen-bond acceptors (Lipinski definition) is 4. The third-order valence-electron chi connectivity index (χ3n) is 3.72. The van der Waals surface area contributed by atoms with Crippen LogP contribution in [-0.2, 0) is 9.59 Å². The number of halogens is 1. The van der Waals surface area contributed by atoms with E-state index in [1.807, 2.05) is 19.9 Å². The molecule has 0 saturated carbocycles. The van der Waals surface area contributed by atoms with Crippen molar-refractivity contribution in [2.75, 3.05) is 12.3 Å². The van der Waals surface area contributed by atoms with Gasteiger partial charge in [0, 0.05) is 10.5 Å². The molecular weight excluding hydrogens is 369 g/mol. The fourth-order valence-corrected chi connectivity index (χ4v) is 2.81. The summed E-state index contributed by atoms with van der Waals surface area (Å²) in [6.07, 6.45) is 0. The molecule has 0 saturated heterocycles. The highest BCUT2D eigenvalue weighted by Crippen LogP contribution is 2.20. The van der Waals surface area contributed by atoms with Crippen molar-refractivity contribution >= 4 is 29.5 Å². The summed E-state index contributed by atoms with van der Waals surface area (Å²) in [7, 11) is 0. The van der Waals surface area contributed by atoms with Gasteiger partial charge in [-0.1, -0.05) is 18.2 Å². The lowest BCUT2D eigenvalue weighted by Crippen LogP contribution is -2.47. The van der Waals surface area contributed by atoms with Crippen LogP contribution in [0.5, 0.6) is 0 Å². The number of thioether (sulfide) groups is 1. The second-order valence-electron chi connectivity index (χ2n) is 5.80. The van der Waals surface area contributed by atoms with Gasteiger partial charge < -0.3 is 5.32 Å². The van der Waals surface area contributed by atoms with E-state index < -0.39 is 17.6 Å². The maximum absolute atomic E-state index is 13.5. The molecule has 142 valence electrons. The summed E-state index contributed by atoms with van der Waals surface area (Å²) in [5.74, 6) is -1.91. The minimum Gasteiger partial charge on any atom is -0.343 e. The molecule has 2 rings (SSSR count). The van der Waals surface area contributed by atoms with E-state index in [1.165, 1.54) is 6.07 Å². The smallest absolute Gasteiger partial charge is 0.257 e. The summed E-state index contributed by atoms with van der Waals surface area (Å²) in [5.41, 5.74) is 6.92. The SMILES string of the molecule is Cc1ccc(C(=O)NCC(=O)NNC(=O)CSc2ccccc2F)cc1C. The lowest BCUT2D eigenvalue weighted by atomic mass is 10.1. The Balaban J connectivity index is 1.71. The van der Waals surface area contributed by atoms with Crippen LogP contribution in [0, 0.1) is 19.7 Å². The molecule has 0 spiro atoms. The molecule has 0 aliphatic heterocycles. The largest absolute Gasteiger partial charge is 0.343 e. The Morgan fingerprint density at radius 1 is 0.963 bits per heavy atom. The highest BCUT2D eigenvalue weighted by atomic mass is 32.2. The lowest BCUT2D eigenvalue weighted by molar-refractivity contribution is -0.127. The summed E-state index contributed by atoms with van der Waals surface area (Å²) < 4.78 is 13.5. The van der Waals surface area contributed by atoms with Crippen LogP contribution in [0.1, 0.15) is 21.5 Å². The molecule has 0 atom stereocenters. The number of hydrogen-bond donors (Lipinski definition) is 3. The van der Waals surface area contributed by atoms with Crippen LogP contribution in [0.3, 0.4) is 0 Å². The first-order chi connectivity index (χ1) is 12.9. The van der Waals surface area contributed by atoms with E-state index >= 15 is 0 Å². The van der Waals surface area contributed by atoms with E-state index in [0.717, 1.165) is 22.9 Å². The van der Waals surface area contributed by atoms with Gasteiger partial charge in [0.05, 0.1) is 12.3 Å². The first-order valence-electron chi connectivity index (χ1n) is 8.17. The van der Waals surface area contributed by atoms with Crippen molar-refractivity contribution in [1.29, 1.82) is 0 Å². The van der Waals surface area contributed by atoms with Crippen molar-refractivity contribution in [3.8, 4) is 0 Å². The number of hydrazine groups is 1. The normalized spacial score (nSPS) is 10.2. The summed E-state index contributed by atoms with van der Waals surface area (Å²) in [4.78, 5) is 35.8. The zero-order chi connectivity index (χ0) is 19.8. The molecule has 8 heteroatoms. The van der Waals surface area contributed by atoms with Crippen molar-refractivity contribution in [3.05, 3.63) is 65.0 Å². The van der Waals surface area contributed by atoms with Crippen molar-refractivity contribution in [3.63, 3.8) is 0 Å². The van der Waals surface area contributed by atoms with Crippen LogP contribution in [-0.4, -0.2) is 30.0 Å². The van der Waals surface area contributed by atoms with Crippen molar-refractivity contribution in [1.82, 2.24) is 16.2 Å². The molecule has 0 aliphatic carbocycles. The first-order valence-corrected chi connectivity index (χ1v) is 9.16. The van der Waals surface area contributed by atoms with Gasteiger partial charge in [0.2, 0.25) is 5.91 Å². The number of aryl methyl sites for hydroxylation is 2. The first kappa shape index (κ1) is 20.4. The van der Waals surface area contributed by atoms with E-state index in [0.29, 0.717) is 10.5 Å². The number of amides is 3. The Morgan fingerprint density at radius 3 is 2.37 bits per heavy atom. The minimum atomic E-state index is -0.573. The molecule has 0 heterocycles. The standard InChI is InChI=1S/C19H20FN3O3S/c1-12-7-8-14(9-13(12)2)19(26)21-10-17(24)22-23-18(25)11-27-16-6-4-3-5-15(16)20/h3-9H,10-11H2,1-2H3,(H,21,26)(H,22,24)(H,23,25). The Bertz CT molecular complexity index is 858. The quantitative estimate of drug-likeness (QED) is 0.522. The van der Waals surface area contributed by atoms with Gasteiger partial charge >= 0.3 is 0 Å². The van der Waals surface area contributed by atoms with Crippen LogP contribution in [0.15, 0.2) is 47.4 Å². The van der Waals surface area contributed by atoms with Gasteiger partial charge in [-0.05, 0) is 49.2 Å². The summed E-state index contributed by atoms with van der Waals surface area (Å²) in [6.45, 7) is 3.55. The molecule has 6 nitrogen and oxygen atoms in total. The monoisotopic (exact) mass is 389 g/mol. The second-order valence-corrected chi connectivity index (χ2v) is 6.81. The van der Waals surface area contributed by atoms with Gasteiger partial charge in [0.25, 0.3) is 11.8 Å². The average Bonchev–Trinajstić information content (AvgIpc) is 2.65. The van der Waals surface area contributed by atoms with Gasteiger partial charge in [-0.25, -0.2) is 4.39 Å². The molecule has 2 aromatic rings. The molecule has 0 unspecified atom stereocenters. The Kier molecular flexibility index (Phi) is 7.36. The fourth-order valence-electron chi connectivity index (χ4n) is 2.07. The highest BCUT2D eigenvalue weighted by Gasteiger charge is 2.10. The molecule has 0 aliphatic rings. The zero-order valence-corrected chi connectivity index (χ0v) is 15.8. The number of benzene rings is 2. The molecule has 0 aromatic heterocycles. The lowest BCUT2D eigenvalue weighted by Gasteiger charge is -2.09. The fraction of sp³-hybridized carbons (Fsp3) is 0.211. The highest BCUT2D eigenvalue weighted by molar-refractivity contribution is 8.00. The van der Waals surface area contributed by atoms with Crippen LogP contribution in [0.25, 0.3) is 0 Å². The molecule has 2 aromatic carbocycles. The topological polar surface area (TPSA) is 87.3 Å². The molecule has 0 radical (unpaired) electrons. The number of nitrogens with one attached hydrogen (secondary N) is 3. The minimum absolute atomic E-state index is 0.0593. The van der Waals surface area contributed by atoms with E-state index in [1.54, 1.807) is 30.3 Å². The maximum atomic E-state index is 13.5. The van der Waals surface area contributed by atoms with E-state index in [-0.39, 0.29) is 18.2 Å². The molecule has 3 N–H and O–H groups in total. The van der Waals surface area contributed by atoms with Crippen LogP contribution >= 0.6 is 11.8 Å². The van der Waals surface area contributed by atoms with Crippen LogP contribution in [0.2, 0.25) is 0 Å². The van der Waals surface area contributed by atoms with E-state index in [4.69, 9.17) is 0 Å². The van der Waals surface area contributed by atoms with Crippen LogP contribution in [0.4, 0.5) is 4.39 Å². The van der Waals surface area contributed by atoms with Crippen molar-refractivity contribution in [2.45, 2.75) is 18.7 Å². The van der Waals surface area contributed by atoms with Gasteiger partial charge in [-0.15, -0.1) is 11.8 Å². The molecule has 27 heavy (non-hydrogen) atoms. The summed E-state index contributed by atoms with van der Waals surface area (Å²) >= 11 is 1.02. The van der Waals surface area contributed by atoms with Crippen molar-refractivity contribution in [2.24, 2.45) is 0 Å². The van der Waals surface area contributed by atoms with Crippen molar-refractivity contribution < 1.29 is 18.8 Å². The number of carbonyl (C=O) groups is 3. The second kappa shape index (κ2) is 9.72. The molecule has 3 amide bonds. The third kappa shape index (κ3) is 6.41. The maximum Gasteiger partial charge on any atom is 0.257 e. The van der Waals surface area contributed by atoms with Crippen LogP contribution < -0.4 is 16.2 Å². The Labute approximate surface area is 160 Å². The molecule has 0 fully saturated rings. The number of carbonyl (C=O) groups excluding carboxylic acids is 3. The van der Waals surface area contributed by atoms with Gasteiger partial charge in [0.15, 0.2) is 0 Å². The molecular formula is C19H20FN3O3S. The average molecular weight is 389 g/mol. The predicted molar refractivity (Wildman–Crippen MR) is 102 cm³/mol. The third-order valence-corrected chi connectivity index (χ3v) is 4.76.